The molecule has 0 aliphatic rings. The van der Waals surface area contributed by atoms with Crippen LogP contribution >= 0.6 is 11.3 Å². The summed E-state index contributed by atoms with van der Waals surface area (Å²) in [6.07, 6.45) is 1.89. The molecule has 0 unspecified atom stereocenters. The fourth-order valence-electron chi connectivity index (χ4n) is 1.27. The van der Waals surface area contributed by atoms with E-state index in [0.29, 0.717) is 5.69 Å². The predicted molar refractivity (Wildman–Crippen MR) is 64.3 cm³/mol. The molecule has 1 N–H and O–H groups in total. The molecule has 90 valence electrons. The third-order valence-electron chi connectivity index (χ3n) is 2.16. The van der Waals surface area contributed by atoms with Crippen LogP contribution < -0.4 is 5.32 Å². The summed E-state index contributed by atoms with van der Waals surface area (Å²) in [7, 11) is 3.20. The zero-order chi connectivity index (χ0) is 12.3. The number of hydrogen-bond acceptors (Lipinski definition) is 6. The van der Waals surface area contributed by atoms with Crippen LogP contribution in [-0.4, -0.2) is 27.8 Å². The molecule has 0 saturated carbocycles. The number of aromatic nitrogens is 3. The van der Waals surface area contributed by atoms with Crippen LogP contribution in [0.4, 0.5) is 10.9 Å². The summed E-state index contributed by atoms with van der Waals surface area (Å²) < 4.78 is 6.29. The van der Waals surface area contributed by atoms with E-state index in [4.69, 9.17) is 0 Å². The normalized spacial score (nSPS) is 10.2. The lowest BCUT2D eigenvalue weighted by molar-refractivity contribution is -0.139. The van der Waals surface area contributed by atoms with Crippen molar-refractivity contribution in [2.45, 2.75) is 6.42 Å². The van der Waals surface area contributed by atoms with Crippen molar-refractivity contribution in [2.75, 3.05) is 12.4 Å². The summed E-state index contributed by atoms with van der Waals surface area (Å²) in [5.41, 5.74) is 0.700. The summed E-state index contributed by atoms with van der Waals surface area (Å²) in [5.74, 6) is 0.561. The number of methoxy groups -OCH3 is 1. The van der Waals surface area contributed by atoms with E-state index in [2.05, 4.69) is 20.1 Å². The average Bonchev–Trinajstić information content (AvgIpc) is 2.90. The van der Waals surface area contributed by atoms with Crippen LogP contribution in [0.3, 0.4) is 0 Å². The summed E-state index contributed by atoms with van der Waals surface area (Å²) in [5, 5.41) is 9.72. The van der Waals surface area contributed by atoms with Gasteiger partial charge in [0.25, 0.3) is 0 Å². The largest absolute Gasteiger partial charge is 0.469 e. The van der Waals surface area contributed by atoms with Gasteiger partial charge >= 0.3 is 5.97 Å². The number of thiazole rings is 1. The van der Waals surface area contributed by atoms with Crippen LogP contribution in [-0.2, 0) is 23.0 Å². The molecule has 0 aromatic carbocycles. The number of nitrogens with one attached hydrogen (secondary N) is 1. The van der Waals surface area contributed by atoms with Gasteiger partial charge in [-0.2, -0.15) is 5.10 Å². The number of rotatable bonds is 4. The van der Waals surface area contributed by atoms with Gasteiger partial charge in [0.05, 0.1) is 25.4 Å². The second-order valence-corrected chi connectivity index (χ2v) is 4.22. The lowest BCUT2D eigenvalue weighted by Gasteiger charge is -2.01. The molecule has 7 heteroatoms. The first kappa shape index (κ1) is 11.6. The van der Waals surface area contributed by atoms with Gasteiger partial charge < -0.3 is 10.1 Å². The van der Waals surface area contributed by atoms with E-state index in [9.17, 15) is 4.79 Å². The van der Waals surface area contributed by atoms with Crippen molar-refractivity contribution in [3.05, 3.63) is 23.3 Å². The maximum Gasteiger partial charge on any atom is 0.311 e. The van der Waals surface area contributed by atoms with Gasteiger partial charge in [-0.15, -0.1) is 11.3 Å². The Hall–Kier alpha value is -1.89. The maximum absolute atomic E-state index is 11.1. The van der Waals surface area contributed by atoms with Crippen molar-refractivity contribution >= 4 is 28.3 Å². The molecular weight excluding hydrogens is 240 g/mol. The molecule has 0 radical (unpaired) electrons. The van der Waals surface area contributed by atoms with Crippen LogP contribution in [0.1, 0.15) is 5.69 Å². The third kappa shape index (κ3) is 2.82. The Bertz CT molecular complexity index is 520. The lowest BCUT2D eigenvalue weighted by Crippen LogP contribution is -2.05. The Kier molecular flexibility index (Phi) is 3.38. The zero-order valence-corrected chi connectivity index (χ0v) is 10.3. The fraction of sp³-hybridized carbons (Fsp3) is 0.300. The van der Waals surface area contributed by atoms with Crippen molar-refractivity contribution in [1.29, 1.82) is 0 Å². The van der Waals surface area contributed by atoms with E-state index in [1.165, 1.54) is 18.4 Å². The van der Waals surface area contributed by atoms with E-state index >= 15 is 0 Å². The molecule has 17 heavy (non-hydrogen) atoms. The molecule has 0 aliphatic carbocycles. The first-order valence-corrected chi connectivity index (χ1v) is 5.83. The number of carbonyl (C=O) groups is 1. The lowest BCUT2D eigenvalue weighted by atomic mass is 10.3. The topological polar surface area (TPSA) is 69.0 Å². The summed E-state index contributed by atoms with van der Waals surface area (Å²) in [4.78, 5) is 15.3. The van der Waals surface area contributed by atoms with Crippen molar-refractivity contribution in [3.8, 4) is 0 Å². The van der Waals surface area contributed by atoms with Crippen molar-refractivity contribution in [3.63, 3.8) is 0 Å². The van der Waals surface area contributed by atoms with E-state index in [1.54, 1.807) is 10.9 Å². The van der Waals surface area contributed by atoms with Crippen LogP contribution in [0.25, 0.3) is 0 Å². The van der Waals surface area contributed by atoms with Crippen LogP contribution in [0.15, 0.2) is 17.6 Å². The summed E-state index contributed by atoms with van der Waals surface area (Å²) in [6.45, 7) is 0. The molecule has 2 heterocycles. The molecule has 0 bridgehead atoms. The fourth-order valence-corrected chi connectivity index (χ4v) is 1.99. The number of carbonyl (C=O) groups excluding carboxylic acids is 1. The Morgan fingerprint density at radius 2 is 2.47 bits per heavy atom. The molecule has 0 aliphatic heterocycles. The number of ether oxygens (including phenoxy) is 1. The van der Waals surface area contributed by atoms with E-state index in [1.807, 2.05) is 18.5 Å². The monoisotopic (exact) mass is 252 g/mol. The first-order valence-electron chi connectivity index (χ1n) is 4.95. The molecule has 0 fully saturated rings. The number of hydrogen-bond donors (Lipinski definition) is 1. The minimum atomic E-state index is -0.289. The van der Waals surface area contributed by atoms with Gasteiger partial charge in [0, 0.05) is 18.5 Å². The second-order valence-electron chi connectivity index (χ2n) is 3.36. The second kappa shape index (κ2) is 4.96. The van der Waals surface area contributed by atoms with E-state index < -0.39 is 0 Å². The molecule has 2 rings (SSSR count). The molecule has 0 saturated heterocycles. The minimum Gasteiger partial charge on any atom is -0.469 e. The molecule has 0 spiro atoms. The SMILES string of the molecule is COC(=O)Cc1csc(Nc2ccnn2C)n1. The van der Waals surface area contributed by atoms with Crippen molar-refractivity contribution < 1.29 is 9.53 Å². The third-order valence-corrected chi connectivity index (χ3v) is 2.97. The maximum atomic E-state index is 11.1. The number of esters is 1. The molecule has 2 aromatic heterocycles. The Labute approximate surface area is 102 Å². The van der Waals surface area contributed by atoms with Gasteiger partial charge in [0.15, 0.2) is 5.13 Å². The van der Waals surface area contributed by atoms with Gasteiger partial charge in [0.1, 0.15) is 5.82 Å². The van der Waals surface area contributed by atoms with E-state index in [0.717, 1.165) is 10.9 Å². The smallest absolute Gasteiger partial charge is 0.311 e. The quantitative estimate of drug-likeness (QED) is 0.831. The highest BCUT2D eigenvalue weighted by molar-refractivity contribution is 7.13. The van der Waals surface area contributed by atoms with E-state index in [-0.39, 0.29) is 12.4 Å². The minimum absolute atomic E-state index is 0.195. The molecule has 6 nitrogen and oxygen atoms in total. The van der Waals surface area contributed by atoms with Gasteiger partial charge in [0.2, 0.25) is 0 Å². The first-order chi connectivity index (χ1) is 8.19. The van der Waals surface area contributed by atoms with Gasteiger partial charge in [-0.1, -0.05) is 0 Å². The Morgan fingerprint density at radius 1 is 1.65 bits per heavy atom. The predicted octanol–water partition coefficient (Wildman–Crippen LogP) is 1.34. The number of aryl methyl sites for hydroxylation is 1. The van der Waals surface area contributed by atoms with Gasteiger partial charge in [-0.05, 0) is 0 Å². The zero-order valence-electron chi connectivity index (χ0n) is 9.51. The number of nitrogens with zero attached hydrogens (tertiary/aromatic N) is 3. The average molecular weight is 252 g/mol. The highest BCUT2D eigenvalue weighted by atomic mass is 32.1. The highest BCUT2D eigenvalue weighted by Gasteiger charge is 2.08. The number of anilines is 2. The van der Waals surface area contributed by atoms with Crippen molar-refractivity contribution in [2.24, 2.45) is 7.05 Å². The Morgan fingerprint density at radius 3 is 3.12 bits per heavy atom. The Balaban J connectivity index is 2.04. The summed E-state index contributed by atoms with van der Waals surface area (Å²) in [6, 6.07) is 1.85. The molecular formula is C10H12N4O2S. The van der Waals surface area contributed by atoms with Crippen LogP contribution in [0.5, 0.6) is 0 Å². The van der Waals surface area contributed by atoms with Gasteiger partial charge in [-0.3, -0.25) is 9.48 Å². The van der Waals surface area contributed by atoms with Gasteiger partial charge in [-0.25, -0.2) is 4.98 Å². The standard InChI is InChI=1S/C10H12N4O2S/c1-14-8(3-4-11-14)13-10-12-7(6-17-10)5-9(15)16-2/h3-4,6H,5H2,1-2H3,(H,12,13). The van der Waals surface area contributed by atoms with Crippen LogP contribution in [0.2, 0.25) is 0 Å². The molecule has 2 aromatic rings. The molecule has 0 amide bonds. The van der Waals surface area contributed by atoms with Crippen LogP contribution in [0, 0.1) is 0 Å². The molecule has 0 atom stereocenters. The van der Waals surface area contributed by atoms with Crippen molar-refractivity contribution in [1.82, 2.24) is 14.8 Å². The highest BCUT2D eigenvalue weighted by Crippen LogP contribution is 2.20. The summed E-state index contributed by atoms with van der Waals surface area (Å²) >= 11 is 1.44.